The van der Waals surface area contributed by atoms with Gasteiger partial charge in [-0.3, -0.25) is 4.79 Å². The Bertz CT molecular complexity index is 622. The van der Waals surface area contributed by atoms with Gasteiger partial charge < -0.3 is 5.11 Å². The summed E-state index contributed by atoms with van der Waals surface area (Å²) in [5, 5.41) is 10.2. The fourth-order valence-electron chi connectivity index (χ4n) is 2.85. The van der Waals surface area contributed by atoms with Crippen molar-refractivity contribution >= 4 is 27.3 Å². The van der Waals surface area contributed by atoms with Crippen molar-refractivity contribution in [1.82, 2.24) is 9.29 Å². The van der Waals surface area contributed by atoms with Crippen LogP contribution in [0, 0.1) is 12.3 Å². The molecule has 2 rings (SSSR count). The van der Waals surface area contributed by atoms with Crippen LogP contribution in [0.2, 0.25) is 0 Å². The van der Waals surface area contributed by atoms with Gasteiger partial charge in [0.15, 0.2) is 4.21 Å². The Labute approximate surface area is 128 Å². The van der Waals surface area contributed by atoms with Gasteiger partial charge in [-0.15, -0.1) is 11.3 Å². The van der Waals surface area contributed by atoms with Crippen LogP contribution in [-0.4, -0.2) is 41.9 Å². The lowest BCUT2D eigenvalue weighted by Gasteiger charge is -2.38. The molecule has 1 saturated heterocycles. The van der Waals surface area contributed by atoms with Crippen molar-refractivity contribution in [2.45, 2.75) is 43.7 Å². The summed E-state index contributed by atoms with van der Waals surface area (Å²) in [5.41, 5.74) is -0.959. The van der Waals surface area contributed by atoms with E-state index in [1.54, 1.807) is 6.92 Å². The lowest BCUT2D eigenvalue weighted by atomic mass is 9.77. The van der Waals surface area contributed by atoms with Gasteiger partial charge in [-0.2, -0.15) is 4.31 Å². The Hall–Kier alpha value is -0.990. The number of aliphatic carboxylic acids is 1. The van der Waals surface area contributed by atoms with Crippen molar-refractivity contribution in [1.29, 1.82) is 0 Å². The highest BCUT2D eigenvalue weighted by atomic mass is 32.2. The van der Waals surface area contributed by atoms with E-state index in [4.69, 9.17) is 0 Å². The number of aromatic nitrogens is 1. The summed E-state index contributed by atoms with van der Waals surface area (Å²) in [7, 11) is -3.64. The van der Waals surface area contributed by atoms with E-state index in [1.165, 1.54) is 10.5 Å². The van der Waals surface area contributed by atoms with Crippen molar-refractivity contribution in [2.75, 3.05) is 13.1 Å². The Morgan fingerprint density at radius 3 is 2.81 bits per heavy atom. The third kappa shape index (κ3) is 3.12. The molecular weight excluding hydrogens is 312 g/mol. The van der Waals surface area contributed by atoms with Crippen LogP contribution in [-0.2, 0) is 14.8 Å². The summed E-state index contributed by atoms with van der Waals surface area (Å²) in [5.74, 6) is -0.898. The first-order valence-electron chi connectivity index (χ1n) is 6.98. The maximum Gasteiger partial charge on any atom is 0.310 e. The lowest BCUT2D eigenvalue weighted by molar-refractivity contribution is -0.151. The molecule has 2 heterocycles. The van der Waals surface area contributed by atoms with Gasteiger partial charge in [0.2, 0.25) is 0 Å². The van der Waals surface area contributed by atoms with E-state index in [2.05, 4.69) is 4.98 Å². The van der Waals surface area contributed by atoms with Crippen molar-refractivity contribution in [2.24, 2.45) is 5.41 Å². The molecule has 8 heteroatoms. The van der Waals surface area contributed by atoms with Crippen molar-refractivity contribution in [3.8, 4) is 0 Å². The number of aryl methyl sites for hydroxylation is 1. The van der Waals surface area contributed by atoms with Gasteiger partial charge >= 0.3 is 5.97 Å². The molecule has 0 saturated carbocycles. The van der Waals surface area contributed by atoms with Gasteiger partial charge in [0.1, 0.15) is 0 Å². The predicted octanol–water partition coefficient (Wildman–Crippen LogP) is 2.11. The van der Waals surface area contributed by atoms with Crippen molar-refractivity contribution in [3.63, 3.8) is 0 Å². The normalized spacial score (nSPS) is 24.1. The molecule has 0 aromatic carbocycles. The monoisotopic (exact) mass is 332 g/mol. The second-order valence-electron chi connectivity index (χ2n) is 5.48. The fourth-order valence-corrected chi connectivity index (χ4v) is 5.68. The summed E-state index contributed by atoms with van der Waals surface area (Å²) < 4.78 is 26.7. The second-order valence-corrected chi connectivity index (χ2v) is 8.88. The summed E-state index contributed by atoms with van der Waals surface area (Å²) in [4.78, 5) is 15.6. The summed E-state index contributed by atoms with van der Waals surface area (Å²) >= 11 is 1.12. The number of rotatable bonds is 5. The SMILES string of the molecule is CCCC1(C(=O)O)CCCN(S(=O)(=O)c2cnc(C)s2)C1. The van der Waals surface area contributed by atoms with Crippen LogP contribution in [0.15, 0.2) is 10.4 Å². The van der Waals surface area contributed by atoms with Crippen LogP contribution < -0.4 is 0 Å². The van der Waals surface area contributed by atoms with Crippen molar-refractivity contribution < 1.29 is 18.3 Å². The van der Waals surface area contributed by atoms with Gasteiger partial charge in [0.25, 0.3) is 10.0 Å². The molecule has 0 spiro atoms. The molecule has 1 aromatic heterocycles. The second kappa shape index (κ2) is 6.02. The van der Waals surface area contributed by atoms with E-state index in [-0.39, 0.29) is 10.8 Å². The minimum Gasteiger partial charge on any atom is -0.481 e. The van der Waals surface area contributed by atoms with Crippen LogP contribution in [0.25, 0.3) is 0 Å². The number of carbonyl (C=O) groups is 1. The first-order valence-corrected chi connectivity index (χ1v) is 9.23. The van der Waals surface area contributed by atoms with E-state index in [9.17, 15) is 18.3 Å². The number of carboxylic acid groups (broad SMARTS) is 1. The van der Waals surface area contributed by atoms with E-state index in [1.807, 2.05) is 6.92 Å². The Balaban J connectivity index is 2.30. The van der Waals surface area contributed by atoms with Crippen LogP contribution in [0.5, 0.6) is 0 Å². The van der Waals surface area contributed by atoms with Crippen LogP contribution in [0.4, 0.5) is 0 Å². The number of carboxylic acids is 1. The van der Waals surface area contributed by atoms with Crippen LogP contribution in [0.1, 0.15) is 37.6 Å². The lowest BCUT2D eigenvalue weighted by Crippen LogP contribution is -2.49. The molecule has 1 fully saturated rings. The van der Waals surface area contributed by atoms with E-state index < -0.39 is 21.4 Å². The zero-order valence-corrected chi connectivity index (χ0v) is 13.8. The minimum atomic E-state index is -3.64. The molecule has 0 radical (unpaired) electrons. The molecule has 21 heavy (non-hydrogen) atoms. The third-order valence-electron chi connectivity index (χ3n) is 3.92. The molecule has 118 valence electrons. The number of nitrogens with zero attached hydrogens (tertiary/aromatic N) is 2. The quantitative estimate of drug-likeness (QED) is 0.892. The Morgan fingerprint density at radius 1 is 1.57 bits per heavy atom. The number of hydrogen-bond donors (Lipinski definition) is 1. The van der Waals surface area contributed by atoms with E-state index in [0.29, 0.717) is 30.8 Å². The van der Waals surface area contributed by atoms with Crippen molar-refractivity contribution in [3.05, 3.63) is 11.2 Å². The maximum absolute atomic E-state index is 12.6. The molecule has 0 bridgehead atoms. The Kier molecular flexibility index (Phi) is 4.69. The molecule has 0 aliphatic carbocycles. The zero-order chi connectivity index (χ0) is 15.7. The van der Waals surface area contributed by atoms with Gasteiger partial charge in [0.05, 0.1) is 16.6 Å². The standard InChI is InChI=1S/C13H20N2O4S2/c1-3-5-13(12(16)17)6-4-7-15(9-13)21(18,19)11-8-14-10(2)20-11/h8H,3-7,9H2,1-2H3,(H,16,17). The average Bonchev–Trinajstić information content (AvgIpc) is 2.86. The molecule has 6 nitrogen and oxygen atoms in total. The van der Waals surface area contributed by atoms with Crippen LogP contribution >= 0.6 is 11.3 Å². The zero-order valence-electron chi connectivity index (χ0n) is 12.2. The summed E-state index contributed by atoms with van der Waals surface area (Å²) in [6.07, 6.45) is 3.68. The molecule has 1 aromatic rings. The third-order valence-corrected chi connectivity index (χ3v) is 7.11. The number of sulfonamides is 1. The van der Waals surface area contributed by atoms with E-state index >= 15 is 0 Å². The highest BCUT2D eigenvalue weighted by Gasteiger charge is 2.45. The highest BCUT2D eigenvalue weighted by molar-refractivity contribution is 7.91. The summed E-state index contributed by atoms with van der Waals surface area (Å²) in [6, 6.07) is 0. The van der Waals surface area contributed by atoms with E-state index in [0.717, 1.165) is 17.8 Å². The molecule has 1 unspecified atom stereocenters. The molecule has 0 amide bonds. The number of piperidine rings is 1. The Morgan fingerprint density at radius 2 is 2.29 bits per heavy atom. The molecule has 1 N–H and O–H groups in total. The number of thiazole rings is 1. The van der Waals surface area contributed by atoms with Gasteiger partial charge in [-0.25, -0.2) is 13.4 Å². The van der Waals surface area contributed by atoms with Crippen LogP contribution in [0.3, 0.4) is 0 Å². The van der Waals surface area contributed by atoms with Gasteiger partial charge in [-0.05, 0) is 26.2 Å². The molecular formula is C13H20N2O4S2. The molecule has 1 atom stereocenters. The first kappa shape index (κ1) is 16.4. The topological polar surface area (TPSA) is 87.6 Å². The van der Waals surface area contributed by atoms with Gasteiger partial charge in [-0.1, -0.05) is 13.3 Å². The smallest absolute Gasteiger partial charge is 0.310 e. The predicted molar refractivity (Wildman–Crippen MR) is 79.8 cm³/mol. The fraction of sp³-hybridized carbons (Fsp3) is 0.692. The molecule has 1 aliphatic heterocycles. The molecule has 1 aliphatic rings. The van der Waals surface area contributed by atoms with Gasteiger partial charge in [0, 0.05) is 13.1 Å². The average molecular weight is 332 g/mol. The first-order chi connectivity index (χ1) is 9.82. The maximum atomic E-state index is 12.6. The largest absolute Gasteiger partial charge is 0.481 e. The summed E-state index contributed by atoms with van der Waals surface area (Å²) in [6.45, 7) is 4.09. The highest BCUT2D eigenvalue weighted by Crippen LogP contribution is 2.37. The number of hydrogen-bond acceptors (Lipinski definition) is 5. The minimum absolute atomic E-state index is 0.0510.